The van der Waals surface area contributed by atoms with Crippen LogP contribution in [0.5, 0.6) is 5.75 Å². The summed E-state index contributed by atoms with van der Waals surface area (Å²) in [7, 11) is 0.930. The second-order valence-electron chi connectivity index (χ2n) is 3.81. The Morgan fingerprint density at radius 1 is 1.15 bits per heavy atom. The zero-order valence-corrected chi connectivity index (χ0v) is 10.2. The molecule has 20 heavy (non-hydrogen) atoms. The van der Waals surface area contributed by atoms with Crippen molar-refractivity contribution < 1.29 is 17.9 Å². The summed E-state index contributed by atoms with van der Waals surface area (Å²) in [6.45, 7) is 0. The van der Waals surface area contributed by atoms with Gasteiger partial charge in [-0.25, -0.2) is 9.36 Å². The topological polar surface area (TPSA) is 64.1 Å². The number of alkyl halides is 3. The molecular weight excluding hydrogens is 277 g/mol. The summed E-state index contributed by atoms with van der Waals surface area (Å²) < 4.78 is 43.3. The number of methoxy groups -OCH3 is 1. The number of benzene rings is 1. The zero-order valence-electron chi connectivity index (χ0n) is 10.2. The first-order chi connectivity index (χ1) is 9.36. The highest BCUT2D eigenvalue weighted by atomic mass is 19.4. The Morgan fingerprint density at radius 2 is 1.75 bits per heavy atom. The first kappa shape index (κ1) is 13.9. The summed E-state index contributed by atoms with van der Waals surface area (Å²) in [5.74, 6) is -0.957. The first-order valence-corrected chi connectivity index (χ1v) is 5.42. The molecule has 1 heterocycles. The fourth-order valence-electron chi connectivity index (χ4n) is 1.72. The average molecular weight is 286 g/mol. The molecule has 0 radical (unpaired) electrons. The van der Waals surface area contributed by atoms with Crippen molar-refractivity contribution in [2.24, 2.45) is 0 Å². The molecule has 0 aliphatic heterocycles. The van der Waals surface area contributed by atoms with E-state index in [0.717, 1.165) is 7.11 Å². The Kier molecular flexibility index (Phi) is 3.39. The summed E-state index contributed by atoms with van der Waals surface area (Å²) in [5, 5.41) is 0. The Morgan fingerprint density at radius 3 is 2.25 bits per heavy atom. The van der Waals surface area contributed by atoms with Crippen molar-refractivity contribution in [2.45, 2.75) is 6.18 Å². The van der Waals surface area contributed by atoms with E-state index in [1.54, 1.807) is 23.2 Å². The number of aromatic nitrogens is 2. The highest BCUT2D eigenvalue weighted by molar-refractivity contribution is 5.35. The third-order valence-electron chi connectivity index (χ3n) is 2.56. The Balaban J connectivity index is 2.82. The van der Waals surface area contributed by atoms with Crippen LogP contribution in [0.3, 0.4) is 0 Å². The van der Waals surface area contributed by atoms with E-state index < -0.39 is 28.9 Å². The lowest BCUT2D eigenvalue weighted by atomic mass is 10.3. The van der Waals surface area contributed by atoms with Crippen LogP contribution in [0, 0.1) is 0 Å². The minimum atomic E-state index is -4.89. The number of nitrogens with zero attached hydrogens (tertiary/aromatic N) is 1. The molecule has 0 fully saturated rings. The van der Waals surface area contributed by atoms with Crippen molar-refractivity contribution in [3.05, 3.63) is 56.9 Å². The minimum absolute atomic E-state index is 0.144. The van der Waals surface area contributed by atoms with E-state index in [4.69, 9.17) is 0 Å². The Bertz CT molecular complexity index is 732. The van der Waals surface area contributed by atoms with Gasteiger partial charge < -0.3 is 4.74 Å². The highest BCUT2D eigenvalue weighted by Crippen LogP contribution is 2.31. The van der Waals surface area contributed by atoms with Gasteiger partial charge in [0.25, 0.3) is 0 Å². The van der Waals surface area contributed by atoms with Crippen LogP contribution in [-0.2, 0) is 6.18 Å². The van der Waals surface area contributed by atoms with Crippen molar-refractivity contribution in [3.8, 4) is 11.4 Å². The molecule has 0 bridgehead atoms. The first-order valence-electron chi connectivity index (χ1n) is 5.42. The molecular formula is C12H9F3N2O3. The normalized spacial score (nSPS) is 11.4. The van der Waals surface area contributed by atoms with E-state index in [2.05, 4.69) is 4.74 Å². The van der Waals surface area contributed by atoms with Crippen LogP contribution in [0.25, 0.3) is 5.69 Å². The third kappa shape index (κ3) is 2.31. The number of hydrogen-bond acceptors (Lipinski definition) is 3. The summed E-state index contributed by atoms with van der Waals surface area (Å²) >= 11 is 0. The maximum absolute atomic E-state index is 12.7. The molecule has 0 saturated carbocycles. The number of aromatic amines is 1. The van der Waals surface area contributed by atoms with Gasteiger partial charge >= 0.3 is 17.4 Å². The van der Waals surface area contributed by atoms with Gasteiger partial charge in [0.2, 0.25) is 5.75 Å². The maximum Gasteiger partial charge on any atom is 0.435 e. The van der Waals surface area contributed by atoms with Gasteiger partial charge in [-0.1, -0.05) is 18.2 Å². The van der Waals surface area contributed by atoms with E-state index in [1.807, 2.05) is 0 Å². The predicted octanol–water partition coefficient (Wildman–Crippen LogP) is 1.55. The number of nitrogens with one attached hydrogen (secondary N) is 1. The molecule has 0 amide bonds. The van der Waals surface area contributed by atoms with E-state index in [1.165, 1.54) is 12.1 Å². The molecule has 0 atom stereocenters. The SMILES string of the molecule is COc1c(C(F)(F)F)[nH]c(=O)n(-c2ccccc2)c1=O. The molecule has 2 rings (SSSR count). The van der Waals surface area contributed by atoms with E-state index in [9.17, 15) is 22.8 Å². The van der Waals surface area contributed by atoms with Crippen LogP contribution in [-0.4, -0.2) is 16.7 Å². The predicted molar refractivity (Wildman–Crippen MR) is 64.2 cm³/mol. The van der Waals surface area contributed by atoms with Crippen molar-refractivity contribution in [1.29, 1.82) is 0 Å². The standard InChI is InChI=1S/C12H9F3N2O3/c1-20-8-9(12(13,14)15)16-11(19)17(10(8)18)7-5-3-2-4-6-7/h2-6H,1H3,(H,16,19). The van der Waals surface area contributed by atoms with Crippen LogP contribution in [0.1, 0.15) is 5.69 Å². The summed E-state index contributed by atoms with van der Waals surface area (Å²) in [6.07, 6.45) is -4.89. The Hall–Kier alpha value is -2.51. The lowest BCUT2D eigenvalue weighted by molar-refractivity contribution is -0.142. The van der Waals surface area contributed by atoms with Gasteiger partial charge in [-0.3, -0.25) is 9.78 Å². The molecule has 106 valence electrons. The molecule has 1 N–H and O–H groups in total. The maximum atomic E-state index is 12.7. The summed E-state index contributed by atoms with van der Waals surface area (Å²) in [5.41, 5.74) is -3.71. The molecule has 0 spiro atoms. The van der Waals surface area contributed by atoms with Crippen LogP contribution in [0.4, 0.5) is 13.2 Å². The van der Waals surface area contributed by atoms with Crippen LogP contribution < -0.4 is 16.0 Å². The molecule has 8 heteroatoms. The van der Waals surface area contributed by atoms with Crippen LogP contribution in [0.15, 0.2) is 39.9 Å². The average Bonchev–Trinajstić information content (AvgIpc) is 2.38. The summed E-state index contributed by atoms with van der Waals surface area (Å²) in [6, 6.07) is 7.58. The van der Waals surface area contributed by atoms with Crippen molar-refractivity contribution >= 4 is 0 Å². The number of hydrogen-bond donors (Lipinski definition) is 1. The smallest absolute Gasteiger partial charge is 0.435 e. The molecule has 0 saturated heterocycles. The van der Waals surface area contributed by atoms with Gasteiger partial charge in [-0.2, -0.15) is 13.2 Å². The quantitative estimate of drug-likeness (QED) is 0.911. The zero-order chi connectivity index (χ0) is 14.9. The molecule has 0 unspecified atom stereocenters. The second-order valence-corrected chi connectivity index (χ2v) is 3.81. The van der Waals surface area contributed by atoms with E-state index >= 15 is 0 Å². The fourth-order valence-corrected chi connectivity index (χ4v) is 1.72. The number of halogens is 3. The number of rotatable bonds is 2. The lowest BCUT2D eigenvalue weighted by Gasteiger charge is -2.13. The van der Waals surface area contributed by atoms with Gasteiger partial charge in [0.15, 0.2) is 5.69 Å². The van der Waals surface area contributed by atoms with E-state index in [-0.39, 0.29) is 5.69 Å². The fraction of sp³-hybridized carbons (Fsp3) is 0.167. The molecule has 1 aromatic heterocycles. The number of ether oxygens (including phenoxy) is 1. The monoisotopic (exact) mass is 286 g/mol. The molecule has 0 aliphatic rings. The minimum Gasteiger partial charge on any atom is -0.490 e. The Labute approximate surface area is 110 Å². The van der Waals surface area contributed by atoms with Gasteiger partial charge in [-0.05, 0) is 12.1 Å². The van der Waals surface area contributed by atoms with Crippen LogP contribution in [0.2, 0.25) is 0 Å². The van der Waals surface area contributed by atoms with Crippen molar-refractivity contribution in [1.82, 2.24) is 9.55 Å². The molecule has 2 aromatic rings. The van der Waals surface area contributed by atoms with Gasteiger partial charge in [0.05, 0.1) is 12.8 Å². The van der Waals surface area contributed by atoms with Gasteiger partial charge in [0, 0.05) is 0 Å². The van der Waals surface area contributed by atoms with Crippen LogP contribution >= 0.6 is 0 Å². The lowest BCUT2D eigenvalue weighted by Crippen LogP contribution is -2.37. The molecule has 0 aliphatic carbocycles. The van der Waals surface area contributed by atoms with Crippen molar-refractivity contribution in [2.75, 3.05) is 7.11 Å². The number of H-pyrrole nitrogens is 1. The molecule has 5 nitrogen and oxygen atoms in total. The largest absolute Gasteiger partial charge is 0.490 e. The van der Waals surface area contributed by atoms with Gasteiger partial charge in [0.1, 0.15) is 0 Å². The highest BCUT2D eigenvalue weighted by Gasteiger charge is 2.38. The third-order valence-corrected chi connectivity index (χ3v) is 2.56. The summed E-state index contributed by atoms with van der Waals surface area (Å²) in [4.78, 5) is 25.4. The molecule has 1 aromatic carbocycles. The van der Waals surface area contributed by atoms with Crippen molar-refractivity contribution in [3.63, 3.8) is 0 Å². The number of para-hydroxylation sites is 1. The van der Waals surface area contributed by atoms with E-state index in [0.29, 0.717) is 4.57 Å². The second kappa shape index (κ2) is 4.87. The van der Waals surface area contributed by atoms with Gasteiger partial charge in [-0.15, -0.1) is 0 Å².